The van der Waals surface area contributed by atoms with Crippen LogP contribution in [0.1, 0.15) is 17.3 Å². The summed E-state index contributed by atoms with van der Waals surface area (Å²) < 4.78 is 0. The van der Waals surface area contributed by atoms with Crippen molar-refractivity contribution in [2.45, 2.75) is 6.04 Å². The Kier molecular flexibility index (Phi) is 3.21. The van der Waals surface area contributed by atoms with Crippen LogP contribution >= 0.6 is 0 Å². The normalized spacial score (nSPS) is 12.5. The van der Waals surface area contributed by atoms with Gasteiger partial charge in [0.25, 0.3) is 0 Å². The molecule has 0 radical (unpaired) electrons. The number of aromatic nitrogens is 2. The highest BCUT2D eigenvalue weighted by Crippen LogP contribution is 2.26. The molecule has 3 aromatic rings. The highest BCUT2D eigenvalue weighted by Gasteiger charge is 2.15. The quantitative estimate of drug-likeness (QED) is 0.775. The number of hydrogen-bond donors (Lipinski definition) is 1. The third kappa shape index (κ3) is 2.20. The second-order valence-corrected chi connectivity index (χ2v) is 4.43. The Morgan fingerprint density at radius 1 is 1.00 bits per heavy atom. The van der Waals surface area contributed by atoms with Gasteiger partial charge in [0.15, 0.2) is 0 Å². The molecule has 0 amide bonds. The smallest absolute Gasteiger partial charge is 0.0770 e. The Bertz CT molecular complexity index is 674. The summed E-state index contributed by atoms with van der Waals surface area (Å²) in [6, 6.07) is 14.4. The van der Waals surface area contributed by atoms with Gasteiger partial charge in [-0.25, -0.2) is 0 Å². The summed E-state index contributed by atoms with van der Waals surface area (Å²) in [5.41, 5.74) is 2.16. The molecule has 3 heteroatoms. The molecule has 0 spiro atoms. The summed E-state index contributed by atoms with van der Waals surface area (Å²) in [4.78, 5) is 8.76. The van der Waals surface area contributed by atoms with Crippen LogP contribution in [0, 0.1) is 0 Å². The molecular weight excluding hydrogens is 234 g/mol. The van der Waals surface area contributed by atoms with Crippen molar-refractivity contribution in [3.05, 3.63) is 72.3 Å². The van der Waals surface area contributed by atoms with E-state index in [9.17, 15) is 0 Å². The van der Waals surface area contributed by atoms with Crippen molar-refractivity contribution in [1.29, 1.82) is 0 Å². The van der Waals surface area contributed by atoms with E-state index < -0.39 is 0 Å². The van der Waals surface area contributed by atoms with Crippen LogP contribution in [-0.4, -0.2) is 17.0 Å². The fourth-order valence-electron chi connectivity index (χ4n) is 2.38. The van der Waals surface area contributed by atoms with E-state index in [1.54, 1.807) is 6.20 Å². The van der Waals surface area contributed by atoms with Gasteiger partial charge in [-0.05, 0) is 30.1 Å². The molecule has 2 heterocycles. The van der Waals surface area contributed by atoms with E-state index in [2.05, 4.69) is 33.5 Å². The van der Waals surface area contributed by atoms with Gasteiger partial charge in [-0.3, -0.25) is 9.97 Å². The first-order valence-corrected chi connectivity index (χ1v) is 6.31. The molecule has 1 unspecified atom stereocenters. The number of benzene rings is 1. The largest absolute Gasteiger partial charge is 0.308 e. The predicted octanol–water partition coefficient (Wildman–Crippen LogP) is 2.94. The lowest BCUT2D eigenvalue weighted by atomic mass is 10.00. The van der Waals surface area contributed by atoms with E-state index in [1.165, 1.54) is 10.8 Å². The van der Waals surface area contributed by atoms with Gasteiger partial charge in [-0.2, -0.15) is 0 Å². The average molecular weight is 249 g/mol. The molecule has 1 atom stereocenters. The summed E-state index contributed by atoms with van der Waals surface area (Å²) in [5, 5.41) is 5.70. The molecule has 0 bridgehead atoms. The van der Waals surface area contributed by atoms with Crippen LogP contribution in [-0.2, 0) is 0 Å². The molecule has 3 nitrogen and oxygen atoms in total. The molecule has 3 rings (SSSR count). The SMILES string of the molecule is CNC(c1cccnc1)c1nccc2ccccc12. The van der Waals surface area contributed by atoms with Gasteiger partial charge < -0.3 is 5.32 Å². The zero-order valence-corrected chi connectivity index (χ0v) is 10.7. The Labute approximate surface area is 112 Å². The number of pyridine rings is 2. The lowest BCUT2D eigenvalue weighted by Crippen LogP contribution is -2.19. The summed E-state index contributed by atoms with van der Waals surface area (Å²) >= 11 is 0. The van der Waals surface area contributed by atoms with Crippen LogP contribution in [0.5, 0.6) is 0 Å². The molecule has 0 saturated heterocycles. The number of hydrogen-bond acceptors (Lipinski definition) is 3. The van der Waals surface area contributed by atoms with Crippen LogP contribution in [0.4, 0.5) is 0 Å². The second kappa shape index (κ2) is 5.16. The summed E-state index contributed by atoms with van der Waals surface area (Å²) in [7, 11) is 1.95. The minimum absolute atomic E-state index is 0.0554. The Morgan fingerprint density at radius 2 is 1.89 bits per heavy atom. The van der Waals surface area contributed by atoms with Crippen molar-refractivity contribution in [1.82, 2.24) is 15.3 Å². The fourth-order valence-corrected chi connectivity index (χ4v) is 2.38. The molecule has 2 aromatic heterocycles. The van der Waals surface area contributed by atoms with Crippen LogP contribution in [0.25, 0.3) is 10.8 Å². The van der Waals surface area contributed by atoms with E-state index in [4.69, 9.17) is 0 Å². The predicted molar refractivity (Wildman–Crippen MR) is 76.9 cm³/mol. The van der Waals surface area contributed by atoms with E-state index >= 15 is 0 Å². The Morgan fingerprint density at radius 3 is 2.68 bits per heavy atom. The van der Waals surface area contributed by atoms with Crippen molar-refractivity contribution in [3.8, 4) is 0 Å². The van der Waals surface area contributed by atoms with Gasteiger partial charge in [-0.15, -0.1) is 0 Å². The van der Waals surface area contributed by atoms with Gasteiger partial charge in [0, 0.05) is 24.0 Å². The molecular formula is C16H15N3. The number of nitrogens with zero attached hydrogens (tertiary/aromatic N) is 2. The van der Waals surface area contributed by atoms with Crippen LogP contribution in [0.3, 0.4) is 0 Å². The van der Waals surface area contributed by atoms with E-state index in [1.807, 2.05) is 43.7 Å². The zero-order valence-electron chi connectivity index (χ0n) is 10.7. The molecule has 94 valence electrons. The highest BCUT2D eigenvalue weighted by molar-refractivity contribution is 5.85. The van der Waals surface area contributed by atoms with Crippen molar-refractivity contribution in [2.75, 3.05) is 7.05 Å². The summed E-state index contributed by atoms with van der Waals surface area (Å²) in [6.07, 6.45) is 5.52. The number of nitrogens with one attached hydrogen (secondary N) is 1. The lowest BCUT2D eigenvalue weighted by Gasteiger charge is -2.17. The van der Waals surface area contributed by atoms with Crippen molar-refractivity contribution in [3.63, 3.8) is 0 Å². The summed E-state index contributed by atoms with van der Waals surface area (Å²) in [5.74, 6) is 0. The van der Waals surface area contributed by atoms with Crippen molar-refractivity contribution in [2.24, 2.45) is 0 Å². The van der Waals surface area contributed by atoms with E-state index in [0.717, 1.165) is 11.3 Å². The van der Waals surface area contributed by atoms with E-state index in [-0.39, 0.29) is 6.04 Å². The Hall–Kier alpha value is -2.26. The third-order valence-corrected chi connectivity index (χ3v) is 3.28. The topological polar surface area (TPSA) is 37.8 Å². The number of fused-ring (bicyclic) bond motifs is 1. The van der Waals surface area contributed by atoms with E-state index in [0.29, 0.717) is 0 Å². The molecule has 0 fully saturated rings. The maximum atomic E-state index is 4.56. The van der Waals surface area contributed by atoms with Gasteiger partial charge in [-0.1, -0.05) is 30.3 Å². The van der Waals surface area contributed by atoms with Gasteiger partial charge >= 0.3 is 0 Å². The standard InChI is InChI=1S/C16H15N3/c1-17-15(13-6-4-9-18-11-13)16-14-7-3-2-5-12(14)8-10-19-16/h2-11,15,17H,1H3. The maximum Gasteiger partial charge on any atom is 0.0770 e. The molecule has 0 saturated carbocycles. The highest BCUT2D eigenvalue weighted by atomic mass is 14.9. The van der Waals surface area contributed by atoms with Gasteiger partial charge in [0.1, 0.15) is 0 Å². The minimum atomic E-state index is 0.0554. The second-order valence-electron chi connectivity index (χ2n) is 4.43. The molecule has 0 aliphatic rings. The first-order valence-electron chi connectivity index (χ1n) is 6.31. The van der Waals surface area contributed by atoms with Crippen molar-refractivity contribution >= 4 is 10.8 Å². The van der Waals surface area contributed by atoms with Gasteiger partial charge in [0.05, 0.1) is 11.7 Å². The fraction of sp³-hybridized carbons (Fsp3) is 0.125. The first kappa shape index (κ1) is 11.8. The average Bonchev–Trinajstić information content (AvgIpc) is 2.49. The molecule has 0 aliphatic carbocycles. The van der Waals surface area contributed by atoms with Crippen molar-refractivity contribution < 1.29 is 0 Å². The zero-order chi connectivity index (χ0) is 13.1. The number of rotatable bonds is 3. The Balaban J connectivity index is 2.17. The first-order chi connectivity index (χ1) is 9.40. The molecule has 0 aliphatic heterocycles. The van der Waals surface area contributed by atoms with Crippen LogP contribution < -0.4 is 5.32 Å². The van der Waals surface area contributed by atoms with Crippen LogP contribution in [0.2, 0.25) is 0 Å². The van der Waals surface area contributed by atoms with Gasteiger partial charge in [0.2, 0.25) is 0 Å². The molecule has 1 aromatic carbocycles. The minimum Gasteiger partial charge on any atom is -0.308 e. The van der Waals surface area contributed by atoms with Crippen LogP contribution in [0.15, 0.2) is 61.1 Å². The lowest BCUT2D eigenvalue weighted by molar-refractivity contribution is 0.674. The monoisotopic (exact) mass is 249 g/mol. The molecule has 1 N–H and O–H groups in total. The summed E-state index contributed by atoms with van der Waals surface area (Å²) in [6.45, 7) is 0. The molecule has 19 heavy (non-hydrogen) atoms. The third-order valence-electron chi connectivity index (χ3n) is 3.28. The maximum absolute atomic E-state index is 4.56.